The van der Waals surface area contributed by atoms with Crippen LogP contribution in [0.25, 0.3) is 22.6 Å². The number of amides is 1. The molecule has 0 spiro atoms. The zero-order valence-electron chi connectivity index (χ0n) is 14.8. The second kappa shape index (κ2) is 8.06. The molecule has 4 aromatic rings. The highest BCUT2D eigenvalue weighted by Gasteiger charge is 2.18. The summed E-state index contributed by atoms with van der Waals surface area (Å²) in [5.41, 5.74) is 2.14. The summed E-state index contributed by atoms with van der Waals surface area (Å²) in [6, 6.07) is 18.1. The lowest BCUT2D eigenvalue weighted by Crippen LogP contribution is -2.28. The van der Waals surface area contributed by atoms with E-state index in [-0.39, 0.29) is 12.5 Å². The number of hydrogen-bond acceptors (Lipinski definition) is 6. The van der Waals surface area contributed by atoms with Crippen LogP contribution in [0.2, 0.25) is 0 Å². The van der Waals surface area contributed by atoms with Crippen molar-refractivity contribution in [2.24, 2.45) is 0 Å². The summed E-state index contributed by atoms with van der Waals surface area (Å²) in [6.07, 6.45) is 0. The van der Waals surface area contributed by atoms with Crippen molar-refractivity contribution < 1.29 is 18.7 Å². The molecule has 2 heterocycles. The molecule has 1 N–H and O–H groups in total. The number of esters is 1. The number of hydrogen-bond donors (Lipinski definition) is 1. The number of oxazole rings is 1. The number of para-hydroxylation sites is 2. The maximum atomic E-state index is 12.5. The van der Waals surface area contributed by atoms with Crippen molar-refractivity contribution in [3.63, 3.8) is 0 Å². The summed E-state index contributed by atoms with van der Waals surface area (Å²) >= 11 is 1.55. The first-order valence-corrected chi connectivity index (χ1v) is 9.50. The third-order valence-corrected chi connectivity index (χ3v) is 4.92. The Balaban J connectivity index is 1.45. The lowest BCUT2D eigenvalue weighted by molar-refractivity contribution is -0.124. The predicted molar refractivity (Wildman–Crippen MR) is 106 cm³/mol. The number of benzene rings is 2. The summed E-state index contributed by atoms with van der Waals surface area (Å²) in [7, 11) is 0. The third kappa shape index (κ3) is 3.94. The minimum absolute atomic E-state index is 0.292. The van der Waals surface area contributed by atoms with E-state index in [1.54, 1.807) is 35.6 Å². The predicted octanol–water partition coefficient (Wildman–Crippen LogP) is 4.03. The second-order valence-electron chi connectivity index (χ2n) is 5.96. The second-order valence-corrected chi connectivity index (χ2v) is 7.00. The maximum absolute atomic E-state index is 12.5. The molecule has 0 fully saturated rings. The van der Waals surface area contributed by atoms with Crippen LogP contribution in [0, 0.1) is 0 Å². The van der Waals surface area contributed by atoms with Gasteiger partial charge in [-0.1, -0.05) is 30.3 Å². The highest BCUT2D eigenvalue weighted by Crippen LogP contribution is 2.27. The van der Waals surface area contributed by atoms with Crippen LogP contribution in [0.1, 0.15) is 15.2 Å². The van der Waals surface area contributed by atoms with E-state index in [1.165, 1.54) is 0 Å². The summed E-state index contributed by atoms with van der Waals surface area (Å²) in [4.78, 5) is 29.9. The summed E-state index contributed by atoms with van der Waals surface area (Å²) < 4.78 is 10.9. The Morgan fingerprint density at radius 1 is 1.04 bits per heavy atom. The first kappa shape index (κ1) is 17.9. The fourth-order valence-electron chi connectivity index (χ4n) is 2.69. The molecule has 28 heavy (non-hydrogen) atoms. The van der Waals surface area contributed by atoms with Gasteiger partial charge in [0.15, 0.2) is 12.2 Å². The molecule has 2 aromatic heterocycles. The minimum Gasteiger partial charge on any atom is -0.452 e. The molecular weight excluding hydrogens is 376 g/mol. The molecule has 0 bridgehead atoms. The normalized spacial score (nSPS) is 10.7. The van der Waals surface area contributed by atoms with Gasteiger partial charge in [-0.25, -0.2) is 9.78 Å². The number of thiophene rings is 1. The highest BCUT2D eigenvalue weighted by molar-refractivity contribution is 7.09. The van der Waals surface area contributed by atoms with Crippen molar-refractivity contribution in [2.75, 3.05) is 6.61 Å². The fourth-order valence-corrected chi connectivity index (χ4v) is 3.34. The molecule has 0 aliphatic heterocycles. The van der Waals surface area contributed by atoms with E-state index < -0.39 is 5.97 Å². The van der Waals surface area contributed by atoms with Gasteiger partial charge in [0.05, 0.1) is 17.7 Å². The van der Waals surface area contributed by atoms with Crippen LogP contribution in [0.4, 0.5) is 0 Å². The quantitative estimate of drug-likeness (QED) is 0.501. The molecule has 0 atom stereocenters. The maximum Gasteiger partial charge on any atom is 0.339 e. The van der Waals surface area contributed by atoms with Crippen LogP contribution < -0.4 is 5.32 Å². The van der Waals surface area contributed by atoms with Crippen molar-refractivity contribution in [1.82, 2.24) is 10.3 Å². The molecule has 2 aromatic carbocycles. The fraction of sp³-hybridized carbons (Fsp3) is 0.0952. The Morgan fingerprint density at radius 3 is 2.68 bits per heavy atom. The van der Waals surface area contributed by atoms with Gasteiger partial charge >= 0.3 is 5.97 Å². The molecule has 0 radical (unpaired) electrons. The number of nitrogens with one attached hydrogen (secondary N) is 1. The Kier molecular flexibility index (Phi) is 5.16. The molecule has 0 saturated carbocycles. The lowest BCUT2D eigenvalue weighted by atomic mass is 10.1. The van der Waals surface area contributed by atoms with Gasteiger partial charge in [-0.05, 0) is 35.7 Å². The van der Waals surface area contributed by atoms with Crippen LogP contribution in [0.15, 0.2) is 70.5 Å². The van der Waals surface area contributed by atoms with Crippen molar-refractivity contribution in [3.8, 4) is 11.5 Å². The van der Waals surface area contributed by atoms with E-state index in [2.05, 4.69) is 10.3 Å². The van der Waals surface area contributed by atoms with Gasteiger partial charge in [-0.2, -0.15) is 0 Å². The van der Waals surface area contributed by atoms with Gasteiger partial charge in [0, 0.05) is 4.88 Å². The van der Waals surface area contributed by atoms with Crippen LogP contribution in [-0.2, 0) is 16.1 Å². The minimum atomic E-state index is -0.607. The number of fused-ring (bicyclic) bond motifs is 1. The van der Waals surface area contributed by atoms with E-state index in [0.717, 1.165) is 4.88 Å². The van der Waals surface area contributed by atoms with E-state index in [9.17, 15) is 9.59 Å². The van der Waals surface area contributed by atoms with Crippen LogP contribution >= 0.6 is 11.3 Å². The van der Waals surface area contributed by atoms with Gasteiger partial charge in [-0.15, -0.1) is 11.3 Å². The number of carbonyl (C=O) groups is 2. The largest absolute Gasteiger partial charge is 0.452 e. The van der Waals surface area contributed by atoms with Crippen LogP contribution in [0.3, 0.4) is 0 Å². The number of aromatic nitrogens is 1. The summed E-state index contributed by atoms with van der Waals surface area (Å²) in [6.45, 7) is 0.0552. The molecule has 1 amide bonds. The van der Waals surface area contributed by atoms with Gasteiger partial charge in [0.2, 0.25) is 5.89 Å². The molecule has 0 aliphatic rings. The molecule has 0 unspecified atom stereocenters. The van der Waals surface area contributed by atoms with Crippen molar-refractivity contribution in [1.29, 1.82) is 0 Å². The zero-order valence-corrected chi connectivity index (χ0v) is 15.6. The molecule has 6 nitrogen and oxygen atoms in total. The van der Waals surface area contributed by atoms with Crippen molar-refractivity contribution >= 4 is 34.3 Å². The van der Waals surface area contributed by atoms with Crippen molar-refractivity contribution in [3.05, 3.63) is 76.5 Å². The number of nitrogens with zero attached hydrogens (tertiary/aromatic N) is 1. The summed E-state index contributed by atoms with van der Waals surface area (Å²) in [5, 5.41) is 4.65. The van der Waals surface area contributed by atoms with Crippen LogP contribution in [0.5, 0.6) is 0 Å². The third-order valence-electron chi connectivity index (χ3n) is 4.05. The Morgan fingerprint density at radius 2 is 1.86 bits per heavy atom. The molecule has 140 valence electrons. The average Bonchev–Trinajstić information content (AvgIpc) is 3.40. The first-order chi connectivity index (χ1) is 13.7. The van der Waals surface area contributed by atoms with E-state index in [4.69, 9.17) is 9.15 Å². The van der Waals surface area contributed by atoms with Gasteiger partial charge in [0.1, 0.15) is 5.52 Å². The monoisotopic (exact) mass is 392 g/mol. The Hall–Kier alpha value is -3.45. The Bertz CT molecular complexity index is 1090. The average molecular weight is 392 g/mol. The SMILES string of the molecule is O=C(COC(=O)c1ccccc1-c1nc2ccccc2o1)NCc1cccs1. The van der Waals surface area contributed by atoms with E-state index >= 15 is 0 Å². The molecule has 0 saturated heterocycles. The smallest absolute Gasteiger partial charge is 0.339 e. The van der Waals surface area contributed by atoms with Gasteiger partial charge in [-0.3, -0.25) is 4.79 Å². The highest BCUT2D eigenvalue weighted by atomic mass is 32.1. The molecule has 4 rings (SSSR count). The van der Waals surface area contributed by atoms with Crippen molar-refractivity contribution in [2.45, 2.75) is 6.54 Å². The zero-order chi connectivity index (χ0) is 19.3. The number of ether oxygens (including phenoxy) is 1. The molecule has 0 aliphatic carbocycles. The number of carbonyl (C=O) groups excluding carboxylic acids is 2. The summed E-state index contributed by atoms with van der Waals surface area (Å²) in [5.74, 6) is -0.638. The topological polar surface area (TPSA) is 81.4 Å². The Labute approximate surface area is 164 Å². The van der Waals surface area contributed by atoms with Gasteiger partial charge < -0.3 is 14.5 Å². The standard InChI is InChI=1S/C21H16N2O4S/c24-19(22-12-14-6-5-11-28-14)13-26-21(25)16-8-2-1-7-15(16)20-23-17-9-3-4-10-18(17)27-20/h1-11H,12-13H2,(H,22,24). The van der Waals surface area contributed by atoms with Gasteiger partial charge in [0.25, 0.3) is 5.91 Å². The van der Waals surface area contributed by atoms with E-state index in [0.29, 0.717) is 34.7 Å². The number of rotatable bonds is 6. The molecular formula is C21H16N2O4S. The first-order valence-electron chi connectivity index (χ1n) is 8.62. The van der Waals surface area contributed by atoms with Crippen LogP contribution in [-0.4, -0.2) is 23.5 Å². The lowest BCUT2D eigenvalue weighted by Gasteiger charge is -2.08. The van der Waals surface area contributed by atoms with E-state index in [1.807, 2.05) is 41.8 Å². The molecule has 7 heteroatoms.